The average molecular weight is 283 g/mol. The molecule has 2 saturated heterocycles. The van der Waals surface area contributed by atoms with Crippen LogP contribution in [-0.2, 0) is 0 Å². The first-order chi connectivity index (χ1) is 9.65. The maximum Gasteiger partial charge on any atom is 0.317 e. The van der Waals surface area contributed by atoms with Crippen LogP contribution < -0.4 is 5.32 Å². The summed E-state index contributed by atoms with van der Waals surface area (Å²) in [6.45, 7) is 3.23. The van der Waals surface area contributed by atoms with E-state index in [4.69, 9.17) is 5.11 Å². The van der Waals surface area contributed by atoms with Gasteiger partial charge in [0.1, 0.15) is 0 Å². The van der Waals surface area contributed by atoms with Gasteiger partial charge in [-0.25, -0.2) is 4.79 Å². The van der Waals surface area contributed by atoms with Gasteiger partial charge < -0.3 is 20.2 Å². The fourth-order valence-electron chi connectivity index (χ4n) is 3.71. The Balaban J connectivity index is 1.87. The van der Waals surface area contributed by atoms with Gasteiger partial charge in [0.05, 0.1) is 6.61 Å². The van der Waals surface area contributed by atoms with Crippen molar-refractivity contribution >= 4 is 6.03 Å². The lowest BCUT2D eigenvalue weighted by molar-refractivity contribution is 0.0491. The first kappa shape index (κ1) is 15.6. The van der Waals surface area contributed by atoms with Gasteiger partial charge in [0.2, 0.25) is 0 Å². The third-order valence-electron chi connectivity index (χ3n) is 4.82. The molecule has 2 heterocycles. The molecule has 2 bridgehead atoms. The van der Waals surface area contributed by atoms with Crippen LogP contribution >= 0.6 is 0 Å². The number of rotatable bonds is 5. The zero-order valence-electron chi connectivity index (χ0n) is 12.8. The van der Waals surface area contributed by atoms with Crippen LogP contribution in [-0.4, -0.2) is 65.8 Å². The Bertz CT molecular complexity index is 304. The number of aliphatic hydroxyl groups excluding tert-OH is 1. The highest BCUT2D eigenvalue weighted by atomic mass is 16.3. The summed E-state index contributed by atoms with van der Waals surface area (Å²) in [5, 5.41) is 12.2. The molecule has 0 aromatic rings. The van der Waals surface area contributed by atoms with Crippen molar-refractivity contribution in [3.8, 4) is 0 Å². The second-order valence-electron chi connectivity index (χ2n) is 6.23. The van der Waals surface area contributed by atoms with Crippen molar-refractivity contribution in [2.45, 2.75) is 63.6 Å². The summed E-state index contributed by atoms with van der Waals surface area (Å²) in [6.07, 6.45) is 6.90. The predicted molar refractivity (Wildman–Crippen MR) is 79.7 cm³/mol. The van der Waals surface area contributed by atoms with Crippen molar-refractivity contribution in [3.63, 3.8) is 0 Å². The van der Waals surface area contributed by atoms with Gasteiger partial charge in [0, 0.05) is 31.2 Å². The maximum absolute atomic E-state index is 12.3. The number of aliphatic hydroxyl groups is 1. The molecule has 0 aromatic heterocycles. The van der Waals surface area contributed by atoms with Gasteiger partial charge in [-0.05, 0) is 39.2 Å². The van der Waals surface area contributed by atoms with Crippen LogP contribution in [0.2, 0.25) is 0 Å². The fraction of sp³-hybridized carbons (Fsp3) is 0.933. The number of nitrogens with zero attached hydrogens (tertiary/aromatic N) is 2. The Morgan fingerprint density at radius 3 is 2.50 bits per heavy atom. The molecule has 0 aliphatic carbocycles. The van der Waals surface area contributed by atoms with Crippen LogP contribution in [0.3, 0.4) is 0 Å². The molecule has 2 N–H and O–H groups in total. The molecule has 0 saturated carbocycles. The number of hydrogen-bond acceptors (Lipinski definition) is 3. The van der Waals surface area contributed by atoms with Gasteiger partial charge in [-0.2, -0.15) is 0 Å². The Hall–Kier alpha value is -0.810. The minimum Gasteiger partial charge on any atom is -0.395 e. The number of carbonyl (C=O) groups excluding carboxylic acids is 1. The summed E-state index contributed by atoms with van der Waals surface area (Å²) < 4.78 is 0. The molecular weight excluding hydrogens is 254 g/mol. The quantitative estimate of drug-likeness (QED) is 0.802. The summed E-state index contributed by atoms with van der Waals surface area (Å²) in [6, 6.07) is 1.55. The Morgan fingerprint density at radius 2 is 1.95 bits per heavy atom. The zero-order chi connectivity index (χ0) is 14.5. The predicted octanol–water partition coefficient (Wildman–Crippen LogP) is 1.42. The van der Waals surface area contributed by atoms with Gasteiger partial charge in [0.25, 0.3) is 0 Å². The van der Waals surface area contributed by atoms with Crippen LogP contribution in [0.5, 0.6) is 0 Å². The van der Waals surface area contributed by atoms with Crippen molar-refractivity contribution in [2.24, 2.45) is 0 Å². The molecule has 0 aromatic carbocycles. The van der Waals surface area contributed by atoms with Crippen molar-refractivity contribution in [1.29, 1.82) is 0 Å². The van der Waals surface area contributed by atoms with E-state index in [-0.39, 0.29) is 12.6 Å². The number of amides is 2. The smallest absolute Gasteiger partial charge is 0.317 e. The van der Waals surface area contributed by atoms with Gasteiger partial charge in [-0.15, -0.1) is 0 Å². The van der Waals surface area contributed by atoms with Gasteiger partial charge in [0.15, 0.2) is 0 Å². The third-order valence-corrected chi connectivity index (χ3v) is 4.82. The fourth-order valence-corrected chi connectivity index (χ4v) is 3.71. The summed E-state index contributed by atoms with van der Waals surface area (Å²) in [4.78, 5) is 16.5. The van der Waals surface area contributed by atoms with E-state index in [9.17, 15) is 4.79 Å². The molecule has 2 amide bonds. The highest BCUT2D eigenvalue weighted by Crippen LogP contribution is 2.32. The van der Waals surface area contributed by atoms with E-state index in [0.29, 0.717) is 31.2 Å². The van der Waals surface area contributed by atoms with Gasteiger partial charge in [-0.3, -0.25) is 0 Å². The largest absolute Gasteiger partial charge is 0.395 e. The van der Waals surface area contributed by atoms with Gasteiger partial charge in [-0.1, -0.05) is 13.3 Å². The Labute approximate surface area is 122 Å². The van der Waals surface area contributed by atoms with Gasteiger partial charge >= 0.3 is 6.03 Å². The minimum absolute atomic E-state index is 0.00599. The number of fused-ring (bicyclic) bond motifs is 2. The van der Waals surface area contributed by atoms with Crippen LogP contribution in [0.4, 0.5) is 4.79 Å². The second kappa shape index (κ2) is 7.27. The topological polar surface area (TPSA) is 55.8 Å². The molecule has 2 rings (SSSR count). The molecule has 0 spiro atoms. The molecule has 20 heavy (non-hydrogen) atoms. The Kier molecular flexibility index (Phi) is 5.66. The van der Waals surface area contributed by atoms with E-state index < -0.39 is 0 Å². The van der Waals surface area contributed by atoms with Crippen LogP contribution in [0.25, 0.3) is 0 Å². The summed E-state index contributed by atoms with van der Waals surface area (Å²) in [7, 11) is 2.22. The SMILES string of the molecule is CCCN(CCO)C(=O)NC1CC2CCCC(C1)N2C. The van der Waals surface area contributed by atoms with E-state index in [2.05, 4.69) is 24.2 Å². The molecule has 5 nitrogen and oxygen atoms in total. The Morgan fingerprint density at radius 1 is 1.30 bits per heavy atom. The summed E-state index contributed by atoms with van der Waals surface area (Å²) >= 11 is 0. The second-order valence-corrected chi connectivity index (χ2v) is 6.23. The molecule has 116 valence electrons. The maximum atomic E-state index is 12.3. The minimum atomic E-state index is -0.00599. The van der Waals surface area contributed by atoms with E-state index in [0.717, 1.165) is 19.3 Å². The van der Waals surface area contributed by atoms with Crippen molar-refractivity contribution in [3.05, 3.63) is 0 Å². The van der Waals surface area contributed by atoms with Crippen molar-refractivity contribution < 1.29 is 9.90 Å². The monoisotopic (exact) mass is 283 g/mol. The number of piperidine rings is 2. The third kappa shape index (κ3) is 3.64. The standard InChI is InChI=1S/C15H29N3O2/c1-3-7-18(8-9-19)15(20)16-12-10-13-5-4-6-14(11-12)17(13)2/h12-14,19H,3-11H2,1-2H3,(H,16,20). The molecule has 0 radical (unpaired) electrons. The zero-order valence-corrected chi connectivity index (χ0v) is 12.8. The number of hydrogen-bond donors (Lipinski definition) is 2. The number of urea groups is 1. The normalized spacial score (nSPS) is 30.1. The highest BCUT2D eigenvalue weighted by Gasteiger charge is 2.36. The van der Waals surface area contributed by atoms with Crippen molar-refractivity contribution in [2.75, 3.05) is 26.7 Å². The van der Waals surface area contributed by atoms with Crippen LogP contribution in [0.15, 0.2) is 0 Å². The van der Waals surface area contributed by atoms with E-state index in [1.165, 1.54) is 19.3 Å². The lowest BCUT2D eigenvalue weighted by Gasteiger charge is -2.47. The summed E-state index contributed by atoms with van der Waals surface area (Å²) in [5.41, 5.74) is 0. The lowest BCUT2D eigenvalue weighted by Crippen LogP contribution is -2.57. The first-order valence-electron chi connectivity index (χ1n) is 8.04. The first-order valence-corrected chi connectivity index (χ1v) is 8.04. The number of nitrogens with one attached hydrogen (secondary N) is 1. The molecular formula is C15H29N3O2. The molecule has 2 aliphatic heterocycles. The van der Waals surface area contributed by atoms with E-state index in [1.54, 1.807) is 4.90 Å². The molecule has 2 fully saturated rings. The molecule has 2 unspecified atom stereocenters. The highest BCUT2D eigenvalue weighted by molar-refractivity contribution is 5.74. The lowest BCUT2D eigenvalue weighted by atomic mass is 9.82. The number of carbonyl (C=O) groups is 1. The van der Waals surface area contributed by atoms with Crippen LogP contribution in [0, 0.1) is 0 Å². The van der Waals surface area contributed by atoms with Crippen molar-refractivity contribution in [1.82, 2.24) is 15.1 Å². The van der Waals surface area contributed by atoms with E-state index in [1.807, 2.05) is 0 Å². The average Bonchev–Trinajstić information content (AvgIpc) is 2.39. The molecule has 2 aliphatic rings. The van der Waals surface area contributed by atoms with E-state index >= 15 is 0 Å². The molecule has 2 atom stereocenters. The van der Waals surface area contributed by atoms with Crippen LogP contribution in [0.1, 0.15) is 45.4 Å². The molecule has 5 heteroatoms. The summed E-state index contributed by atoms with van der Waals surface area (Å²) in [5.74, 6) is 0.